The highest BCUT2D eigenvalue weighted by molar-refractivity contribution is 5.68. The molecule has 0 aromatic carbocycles. The van der Waals surface area contributed by atoms with E-state index in [1.165, 1.54) is 0 Å². The molecule has 0 spiro atoms. The van der Waals surface area contributed by atoms with Crippen LogP contribution in [0.1, 0.15) is 33.6 Å². The van der Waals surface area contributed by atoms with Gasteiger partial charge in [0.25, 0.3) is 0 Å². The van der Waals surface area contributed by atoms with Crippen LogP contribution >= 0.6 is 0 Å². The third-order valence-electron chi connectivity index (χ3n) is 3.42. The molecule has 0 aromatic heterocycles. The Balaban J connectivity index is 1.81. The van der Waals surface area contributed by atoms with E-state index in [0.717, 1.165) is 12.8 Å². The first-order valence-electron chi connectivity index (χ1n) is 7.43. The maximum absolute atomic E-state index is 12.0. The number of amides is 1. The predicted octanol–water partition coefficient (Wildman–Crippen LogP) is 1.86. The predicted molar refractivity (Wildman–Crippen MR) is 80.8 cm³/mol. The lowest BCUT2D eigenvalue weighted by Crippen LogP contribution is -2.47. The average molecular weight is 295 g/mol. The molecule has 0 bridgehead atoms. The highest BCUT2D eigenvalue weighted by atomic mass is 16.6. The van der Waals surface area contributed by atoms with E-state index in [9.17, 15) is 9.90 Å². The Bertz CT molecular complexity index is 444. The van der Waals surface area contributed by atoms with Gasteiger partial charge < -0.3 is 25.4 Å². The standard InChI is InChI=1S/C15H25N3O3/c1-15(2,3)21-14(20)18-9-6-11(7-10-18)17-13-12(19)5-4-8-16-13/h4-5,11,16-17,19H,6-10H2,1-3H3. The van der Waals surface area contributed by atoms with Crippen LogP contribution in [0.4, 0.5) is 4.79 Å². The van der Waals surface area contributed by atoms with E-state index in [1.807, 2.05) is 26.8 Å². The Morgan fingerprint density at radius 3 is 2.67 bits per heavy atom. The number of dihydropyridines is 1. The maximum Gasteiger partial charge on any atom is 0.410 e. The van der Waals surface area contributed by atoms with Gasteiger partial charge in [-0.05, 0) is 39.7 Å². The number of ether oxygens (including phenoxy) is 1. The summed E-state index contributed by atoms with van der Waals surface area (Å²) < 4.78 is 5.38. The fourth-order valence-corrected chi connectivity index (χ4v) is 2.37. The second kappa shape index (κ2) is 6.28. The smallest absolute Gasteiger partial charge is 0.410 e. The number of hydrogen-bond acceptors (Lipinski definition) is 5. The van der Waals surface area contributed by atoms with Crippen LogP contribution in [0.15, 0.2) is 23.7 Å². The third-order valence-corrected chi connectivity index (χ3v) is 3.42. The van der Waals surface area contributed by atoms with Gasteiger partial charge in [-0.25, -0.2) is 4.79 Å². The molecule has 21 heavy (non-hydrogen) atoms. The van der Waals surface area contributed by atoms with Crippen molar-refractivity contribution in [1.29, 1.82) is 0 Å². The lowest BCUT2D eigenvalue weighted by atomic mass is 10.1. The van der Waals surface area contributed by atoms with E-state index in [4.69, 9.17) is 4.74 Å². The van der Waals surface area contributed by atoms with Gasteiger partial charge in [0.2, 0.25) is 0 Å². The minimum absolute atomic E-state index is 0.232. The van der Waals surface area contributed by atoms with Crippen LogP contribution in [-0.2, 0) is 4.74 Å². The van der Waals surface area contributed by atoms with Crippen molar-refractivity contribution in [3.63, 3.8) is 0 Å². The molecule has 0 aliphatic carbocycles. The zero-order valence-corrected chi connectivity index (χ0v) is 13.0. The average Bonchev–Trinajstić information content (AvgIpc) is 2.40. The van der Waals surface area contributed by atoms with E-state index in [2.05, 4.69) is 10.6 Å². The van der Waals surface area contributed by atoms with Crippen LogP contribution in [0.5, 0.6) is 0 Å². The van der Waals surface area contributed by atoms with Crippen molar-refractivity contribution >= 4 is 6.09 Å². The fourth-order valence-electron chi connectivity index (χ4n) is 2.37. The molecule has 0 saturated carbocycles. The SMILES string of the molecule is CC(C)(C)OC(=O)N1CCC(NC2=C(O)C=CCN2)CC1. The number of carbonyl (C=O) groups is 1. The number of nitrogens with one attached hydrogen (secondary N) is 2. The molecule has 0 unspecified atom stereocenters. The summed E-state index contributed by atoms with van der Waals surface area (Å²) in [6.07, 6.45) is 4.98. The highest BCUT2D eigenvalue weighted by Crippen LogP contribution is 2.16. The number of nitrogens with zero attached hydrogens (tertiary/aromatic N) is 1. The maximum atomic E-state index is 12.0. The number of hydrogen-bond donors (Lipinski definition) is 3. The van der Waals surface area contributed by atoms with Crippen LogP contribution in [0.3, 0.4) is 0 Å². The number of aliphatic hydroxyl groups is 1. The van der Waals surface area contributed by atoms with Crippen molar-refractivity contribution in [2.24, 2.45) is 0 Å². The van der Waals surface area contributed by atoms with Crippen LogP contribution in [0.2, 0.25) is 0 Å². The van der Waals surface area contributed by atoms with Crippen molar-refractivity contribution in [3.8, 4) is 0 Å². The van der Waals surface area contributed by atoms with Gasteiger partial charge in [-0.15, -0.1) is 0 Å². The van der Waals surface area contributed by atoms with Crippen LogP contribution in [0, 0.1) is 0 Å². The normalized spacial score (nSPS) is 20.2. The van der Waals surface area contributed by atoms with Gasteiger partial charge in [-0.3, -0.25) is 0 Å². The largest absolute Gasteiger partial charge is 0.504 e. The molecule has 2 aliphatic heterocycles. The summed E-state index contributed by atoms with van der Waals surface area (Å²) in [5, 5.41) is 16.2. The van der Waals surface area contributed by atoms with E-state index in [1.54, 1.807) is 11.0 Å². The number of allylic oxidation sites excluding steroid dienone is 1. The molecule has 2 aliphatic rings. The zero-order valence-electron chi connectivity index (χ0n) is 13.0. The first-order chi connectivity index (χ1) is 9.85. The molecule has 0 aromatic rings. The number of rotatable bonds is 2. The van der Waals surface area contributed by atoms with Gasteiger partial charge in [0.15, 0.2) is 5.76 Å². The van der Waals surface area contributed by atoms with Crippen molar-refractivity contribution in [2.75, 3.05) is 19.6 Å². The van der Waals surface area contributed by atoms with Crippen LogP contribution in [-0.4, -0.2) is 47.4 Å². The summed E-state index contributed by atoms with van der Waals surface area (Å²) in [5.74, 6) is 0.907. The molecule has 0 atom stereocenters. The molecule has 3 N–H and O–H groups in total. The Kier molecular flexibility index (Phi) is 4.65. The first-order valence-corrected chi connectivity index (χ1v) is 7.43. The molecule has 2 rings (SSSR count). The minimum Gasteiger partial charge on any atom is -0.504 e. The van der Waals surface area contributed by atoms with Gasteiger partial charge >= 0.3 is 6.09 Å². The summed E-state index contributed by atoms with van der Waals surface area (Å²) in [4.78, 5) is 13.7. The van der Waals surface area contributed by atoms with Gasteiger partial charge in [-0.1, -0.05) is 6.08 Å². The van der Waals surface area contributed by atoms with Gasteiger partial charge in [0.05, 0.1) is 0 Å². The lowest BCUT2D eigenvalue weighted by molar-refractivity contribution is 0.0200. The molecular formula is C15H25N3O3. The number of aliphatic hydroxyl groups excluding tert-OH is 1. The third kappa shape index (κ3) is 4.58. The summed E-state index contributed by atoms with van der Waals surface area (Å²) in [6, 6.07) is 0.250. The molecule has 6 nitrogen and oxygen atoms in total. The van der Waals surface area contributed by atoms with E-state index >= 15 is 0 Å². The lowest BCUT2D eigenvalue weighted by Gasteiger charge is -2.34. The Hall–Kier alpha value is -1.85. The van der Waals surface area contributed by atoms with Crippen molar-refractivity contribution < 1.29 is 14.6 Å². The minimum atomic E-state index is -0.457. The zero-order chi connectivity index (χ0) is 15.5. The summed E-state index contributed by atoms with van der Waals surface area (Å²) >= 11 is 0. The van der Waals surface area contributed by atoms with Crippen LogP contribution in [0.25, 0.3) is 0 Å². The van der Waals surface area contributed by atoms with Gasteiger partial charge in [0.1, 0.15) is 11.4 Å². The quantitative estimate of drug-likeness (QED) is 0.725. The number of carbonyl (C=O) groups excluding carboxylic acids is 1. The molecule has 1 fully saturated rings. The second-order valence-electron chi connectivity index (χ2n) is 6.43. The van der Waals surface area contributed by atoms with Gasteiger partial charge in [-0.2, -0.15) is 0 Å². The van der Waals surface area contributed by atoms with Gasteiger partial charge in [0, 0.05) is 25.7 Å². The fraction of sp³-hybridized carbons (Fsp3) is 0.667. The molecule has 118 valence electrons. The monoisotopic (exact) mass is 295 g/mol. The topological polar surface area (TPSA) is 73.8 Å². The first kappa shape index (κ1) is 15.5. The number of likely N-dealkylation sites (tertiary alicyclic amines) is 1. The molecule has 1 saturated heterocycles. The molecule has 6 heteroatoms. The molecule has 1 amide bonds. The van der Waals surface area contributed by atoms with E-state index in [-0.39, 0.29) is 17.9 Å². The second-order valence-corrected chi connectivity index (χ2v) is 6.43. The molecule has 2 heterocycles. The Labute approximate surface area is 125 Å². The summed E-state index contributed by atoms with van der Waals surface area (Å²) in [7, 11) is 0. The highest BCUT2D eigenvalue weighted by Gasteiger charge is 2.27. The Morgan fingerprint density at radius 2 is 2.10 bits per heavy atom. The molecule has 0 radical (unpaired) electrons. The van der Waals surface area contributed by atoms with Crippen molar-refractivity contribution in [1.82, 2.24) is 15.5 Å². The van der Waals surface area contributed by atoms with Crippen molar-refractivity contribution in [2.45, 2.75) is 45.3 Å². The van der Waals surface area contributed by atoms with E-state index in [0.29, 0.717) is 25.5 Å². The number of piperidine rings is 1. The molecular weight excluding hydrogens is 270 g/mol. The summed E-state index contributed by atoms with van der Waals surface area (Å²) in [5.41, 5.74) is -0.457. The Morgan fingerprint density at radius 1 is 1.43 bits per heavy atom. The van der Waals surface area contributed by atoms with Crippen LogP contribution < -0.4 is 10.6 Å². The summed E-state index contributed by atoms with van der Waals surface area (Å²) in [6.45, 7) is 7.65. The van der Waals surface area contributed by atoms with E-state index < -0.39 is 5.60 Å². The van der Waals surface area contributed by atoms with Crippen molar-refractivity contribution in [3.05, 3.63) is 23.7 Å².